The maximum absolute atomic E-state index is 13.2. The summed E-state index contributed by atoms with van der Waals surface area (Å²) in [4.78, 5) is 24.5. The highest BCUT2D eigenvalue weighted by Crippen LogP contribution is 2.25. The smallest absolute Gasteiger partial charge is 0.258 e. The van der Waals surface area contributed by atoms with Crippen LogP contribution in [-0.4, -0.2) is 79.7 Å². The van der Waals surface area contributed by atoms with Gasteiger partial charge in [-0.1, -0.05) is 6.07 Å². The van der Waals surface area contributed by atoms with Crippen molar-refractivity contribution in [2.45, 2.75) is 38.8 Å². The molecule has 0 atom stereocenters. The minimum atomic E-state index is -1.00. The van der Waals surface area contributed by atoms with Gasteiger partial charge in [-0.3, -0.25) is 19.8 Å². The Morgan fingerprint density at radius 3 is 2.71 bits per heavy atom. The van der Waals surface area contributed by atoms with Crippen LogP contribution in [0.2, 0.25) is 0 Å². The lowest BCUT2D eigenvalue weighted by atomic mass is 10.1. The number of carbonyl (C=O) groups is 1. The van der Waals surface area contributed by atoms with E-state index in [0.717, 1.165) is 48.2 Å². The highest BCUT2D eigenvalue weighted by molar-refractivity contribution is 6.04. The number of amides is 1. The van der Waals surface area contributed by atoms with E-state index in [4.69, 9.17) is 9.72 Å². The second kappa shape index (κ2) is 11.8. The van der Waals surface area contributed by atoms with E-state index in [9.17, 15) is 9.90 Å². The number of hydrogen-bond donors (Lipinski definition) is 2. The molecule has 0 saturated carbocycles. The highest BCUT2D eigenvalue weighted by atomic mass is 16.5. The number of carbonyl (C=O) groups excluding carboxylic acids is 1. The van der Waals surface area contributed by atoms with Crippen LogP contribution in [0.4, 0.5) is 5.95 Å². The molecule has 0 saturated heterocycles. The lowest BCUT2D eigenvalue weighted by Crippen LogP contribution is -2.27. The average Bonchev–Trinajstić information content (AvgIpc) is 3.43. The van der Waals surface area contributed by atoms with Crippen LogP contribution in [0, 0.1) is 0 Å². The van der Waals surface area contributed by atoms with Crippen molar-refractivity contribution in [2.24, 2.45) is 7.05 Å². The third-order valence-electron chi connectivity index (χ3n) is 6.04. The Balaban J connectivity index is 1.52. The van der Waals surface area contributed by atoms with Crippen LogP contribution < -0.4 is 5.32 Å². The van der Waals surface area contributed by atoms with Crippen molar-refractivity contribution in [3.63, 3.8) is 0 Å². The molecule has 3 heterocycles. The average molecular weight is 520 g/mol. The largest absolute Gasteiger partial charge is 0.389 e. The molecule has 1 amide bonds. The summed E-state index contributed by atoms with van der Waals surface area (Å²) in [6.07, 6.45) is 6.94. The van der Waals surface area contributed by atoms with E-state index in [2.05, 4.69) is 26.4 Å². The number of benzene rings is 1. The lowest BCUT2D eigenvalue weighted by Gasteiger charge is -2.20. The van der Waals surface area contributed by atoms with Gasteiger partial charge in [0.2, 0.25) is 5.95 Å². The molecular formula is C28H37N7O3. The first-order valence-corrected chi connectivity index (χ1v) is 12.8. The zero-order chi connectivity index (χ0) is 27.3. The number of nitrogens with one attached hydrogen (secondary N) is 1. The molecule has 10 nitrogen and oxygen atoms in total. The number of rotatable bonds is 12. The minimum absolute atomic E-state index is 0.273. The van der Waals surface area contributed by atoms with Gasteiger partial charge >= 0.3 is 0 Å². The van der Waals surface area contributed by atoms with Crippen molar-refractivity contribution in [1.29, 1.82) is 0 Å². The molecule has 0 aliphatic rings. The van der Waals surface area contributed by atoms with Gasteiger partial charge in [-0.15, -0.1) is 0 Å². The van der Waals surface area contributed by atoms with Crippen molar-refractivity contribution >= 4 is 22.9 Å². The van der Waals surface area contributed by atoms with Gasteiger partial charge in [0.1, 0.15) is 0 Å². The molecule has 1 aromatic carbocycles. The second-order valence-corrected chi connectivity index (χ2v) is 10.5. The van der Waals surface area contributed by atoms with Crippen LogP contribution in [0.25, 0.3) is 22.3 Å². The summed E-state index contributed by atoms with van der Waals surface area (Å²) < 4.78 is 9.25. The van der Waals surface area contributed by atoms with E-state index in [-0.39, 0.29) is 12.5 Å². The van der Waals surface area contributed by atoms with Crippen molar-refractivity contribution in [1.82, 2.24) is 29.2 Å². The third kappa shape index (κ3) is 7.25. The first-order valence-electron chi connectivity index (χ1n) is 12.8. The number of ether oxygens (including phenoxy) is 1. The second-order valence-electron chi connectivity index (χ2n) is 10.5. The number of imidazole rings is 1. The molecule has 10 heteroatoms. The topological polar surface area (TPSA) is 110 Å². The summed E-state index contributed by atoms with van der Waals surface area (Å²) in [5, 5.41) is 17.7. The summed E-state index contributed by atoms with van der Waals surface area (Å²) >= 11 is 0. The zero-order valence-electron chi connectivity index (χ0n) is 22.8. The maximum Gasteiger partial charge on any atom is 0.258 e. The van der Waals surface area contributed by atoms with Gasteiger partial charge < -0.3 is 19.3 Å². The molecule has 0 spiro atoms. The number of aryl methyl sites for hydroxylation is 2. The molecule has 0 radical (unpaired) electrons. The van der Waals surface area contributed by atoms with Crippen molar-refractivity contribution in [3.8, 4) is 11.3 Å². The van der Waals surface area contributed by atoms with E-state index in [0.29, 0.717) is 23.8 Å². The quantitative estimate of drug-likeness (QED) is 0.276. The maximum atomic E-state index is 13.2. The molecule has 4 rings (SSSR count). The van der Waals surface area contributed by atoms with Gasteiger partial charge in [-0.2, -0.15) is 5.10 Å². The van der Waals surface area contributed by atoms with E-state index >= 15 is 0 Å². The van der Waals surface area contributed by atoms with Crippen molar-refractivity contribution in [2.75, 3.05) is 39.2 Å². The van der Waals surface area contributed by atoms with E-state index < -0.39 is 5.60 Å². The first kappa shape index (κ1) is 27.4. The number of likely N-dealkylation sites (N-methyl/N-ethyl adjacent to an activating group) is 1. The monoisotopic (exact) mass is 519 g/mol. The number of aliphatic hydroxyl groups is 1. The van der Waals surface area contributed by atoms with Gasteiger partial charge in [0.25, 0.3) is 5.91 Å². The van der Waals surface area contributed by atoms with Crippen LogP contribution >= 0.6 is 0 Å². The molecule has 0 bridgehead atoms. The minimum Gasteiger partial charge on any atom is -0.389 e. The fraction of sp³-hybridized carbons (Fsp3) is 0.429. The van der Waals surface area contributed by atoms with Crippen LogP contribution in [-0.2, 0) is 24.8 Å². The van der Waals surface area contributed by atoms with Crippen molar-refractivity contribution < 1.29 is 14.6 Å². The summed E-state index contributed by atoms with van der Waals surface area (Å²) in [6, 6.07) is 9.50. The molecule has 0 aliphatic carbocycles. The summed E-state index contributed by atoms with van der Waals surface area (Å²) in [7, 11) is 5.89. The van der Waals surface area contributed by atoms with Crippen LogP contribution in [0.15, 0.2) is 48.9 Å². The highest BCUT2D eigenvalue weighted by Gasteiger charge is 2.21. The fourth-order valence-electron chi connectivity index (χ4n) is 4.16. The summed E-state index contributed by atoms with van der Waals surface area (Å²) in [5.74, 6) is 0.0796. The normalized spacial score (nSPS) is 12.0. The van der Waals surface area contributed by atoms with E-state index in [1.807, 2.05) is 44.0 Å². The Morgan fingerprint density at radius 2 is 2.00 bits per heavy atom. The first-order chi connectivity index (χ1) is 18.1. The summed E-state index contributed by atoms with van der Waals surface area (Å²) in [6.45, 7) is 6.07. The van der Waals surface area contributed by atoms with Crippen LogP contribution in [0.1, 0.15) is 36.2 Å². The zero-order valence-corrected chi connectivity index (χ0v) is 22.8. The third-order valence-corrected chi connectivity index (χ3v) is 6.04. The molecule has 4 aromatic rings. The standard InChI is InChI=1S/C28H37N7O3/c1-28(2,37)19-35-25-9-8-20(7-6-13-38-14-12-33(3)4)15-24(25)31-27(35)32-26(36)21-10-11-29-23(16-21)22-17-30-34(5)18-22/h8-11,15-18,37H,6-7,12-14,19H2,1-5H3,(H,31,32,36). The number of fused-ring (bicyclic) bond motifs is 1. The predicted octanol–water partition coefficient (Wildman–Crippen LogP) is 3.37. The molecule has 3 aromatic heterocycles. The predicted molar refractivity (Wildman–Crippen MR) is 148 cm³/mol. The van der Waals surface area contributed by atoms with Gasteiger partial charge in [-0.05, 0) is 70.6 Å². The SMILES string of the molecule is CN(C)CCOCCCc1ccc2c(c1)nc(NC(=O)c1ccnc(-c3cnn(C)c3)c1)n2CC(C)(C)O. The van der Waals surface area contributed by atoms with E-state index in [1.54, 1.807) is 43.1 Å². The number of nitrogens with zero attached hydrogens (tertiary/aromatic N) is 6. The Labute approximate surface area is 223 Å². The number of hydrogen-bond acceptors (Lipinski definition) is 7. The van der Waals surface area contributed by atoms with Crippen molar-refractivity contribution in [3.05, 3.63) is 60.0 Å². The van der Waals surface area contributed by atoms with Gasteiger partial charge in [0.15, 0.2) is 0 Å². The Hall–Kier alpha value is -3.60. The molecule has 0 unspecified atom stereocenters. The number of anilines is 1. The summed E-state index contributed by atoms with van der Waals surface area (Å²) in [5.41, 5.74) is 3.70. The number of pyridine rings is 1. The molecule has 2 N–H and O–H groups in total. The lowest BCUT2D eigenvalue weighted by molar-refractivity contribution is 0.0630. The van der Waals surface area contributed by atoms with Crippen LogP contribution in [0.5, 0.6) is 0 Å². The van der Waals surface area contributed by atoms with Gasteiger partial charge in [0, 0.05) is 43.7 Å². The molecule has 0 aliphatic heterocycles. The molecule has 0 fully saturated rings. The Morgan fingerprint density at radius 1 is 1.18 bits per heavy atom. The molecule has 38 heavy (non-hydrogen) atoms. The fourth-order valence-corrected chi connectivity index (χ4v) is 4.16. The van der Waals surface area contributed by atoms with Gasteiger partial charge in [-0.25, -0.2) is 4.98 Å². The number of aromatic nitrogens is 5. The van der Waals surface area contributed by atoms with Crippen LogP contribution in [0.3, 0.4) is 0 Å². The van der Waals surface area contributed by atoms with E-state index in [1.165, 1.54) is 0 Å². The molecular weight excluding hydrogens is 482 g/mol. The van der Waals surface area contributed by atoms with Gasteiger partial charge in [0.05, 0.1) is 41.7 Å². The molecule has 202 valence electrons. The Bertz CT molecular complexity index is 1380. The Kier molecular flexibility index (Phi) is 8.55.